The van der Waals surface area contributed by atoms with Crippen molar-refractivity contribution in [1.29, 1.82) is 0 Å². The molecule has 1 N–H and O–H groups in total. The largest absolute Gasteiger partial charge is 0.380 e. The smallest absolute Gasteiger partial charge is 0.193 e. The molecule has 3 rings (SSSR count). The average Bonchev–Trinajstić information content (AvgIpc) is 2.54. The second-order valence-corrected chi connectivity index (χ2v) is 7.10. The summed E-state index contributed by atoms with van der Waals surface area (Å²) in [5, 5.41) is 3.46. The zero-order valence-corrected chi connectivity index (χ0v) is 14.6. The lowest BCUT2D eigenvalue weighted by atomic mass is 9.89. The van der Waals surface area contributed by atoms with Crippen LogP contribution in [0.3, 0.4) is 0 Å². The molecule has 0 bridgehead atoms. The summed E-state index contributed by atoms with van der Waals surface area (Å²) in [4.78, 5) is 6.64. The van der Waals surface area contributed by atoms with Gasteiger partial charge in [-0.1, -0.05) is 19.1 Å². The highest BCUT2D eigenvalue weighted by molar-refractivity contribution is 5.80. The van der Waals surface area contributed by atoms with Gasteiger partial charge in [0, 0.05) is 25.6 Å². The van der Waals surface area contributed by atoms with Crippen molar-refractivity contribution in [1.82, 2.24) is 10.2 Å². The zero-order valence-electron chi connectivity index (χ0n) is 14.6. The number of hydrogen-bond donors (Lipinski definition) is 1. The van der Waals surface area contributed by atoms with Crippen LogP contribution in [0.15, 0.2) is 29.3 Å². The number of hydrogen-bond acceptors (Lipinski definition) is 3. The van der Waals surface area contributed by atoms with Gasteiger partial charge in [0.05, 0.1) is 25.9 Å². The summed E-state index contributed by atoms with van der Waals surface area (Å²) in [5.74, 6) is 0.651. The molecule has 0 aliphatic carbocycles. The Labute approximate surface area is 142 Å². The van der Waals surface area contributed by atoms with E-state index in [4.69, 9.17) is 9.47 Å². The van der Waals surface area contributed by atoms with Crippen LogP contribution in [0.2, 0.25) is 0 Å². The third kappa shape index (κ3) is 3.87. The second-order valence-electron chi connectivity index (χ2n) is 7.10. The van der Waals surface area contributed by atoms with Crippen LogP contribution >= 0.6 is 0 Å². The van der Waals surface area contributed by atoms with Crippen LogP contribution in [0.25, 0.3) is 0 Å². The number of aliphatic imine (C=N–C) groups is 1. The number of nitrogens with zero attached hydrogens (tertiary/aromatic N) is 2. The first-order valence-electron chi connectivity index (χ1n) is 8.43. The van der Waals surface area contributed by atoms with Gasteiger partial charge in [0.15, 0.2) is 5.96 Å². The molecule has 0 radical (unpaired) electrons. The van der Waals surface area contributed by atoms with Crippen LogP contribution in [-0.4, -0.2) is 56.9 Å². The van der Waals surface area contributed by atoms with Gasteiger partial charge in [-0.15, -0.1) is 0 Å². The van der Waals surface area contributed by atoms with Gasteiger partial charge in [-0.2, -0.15) is 0 Å². The van der Waals surface area contributed by atoms with Gasteiger partial charge >= 0.3 is 0 Å². The minimum absolute atomic E-state index is 0.0787. The van der Waals surface area contributed by atoms with E-state index in [0.717, 1.165) is 37.8 Å². The quantitative estimate of drug-likeness (QED) is 0.679. The molecular weight excluding hydrogens is 309 g/mol. The highest BCUT2D eigenvalue weighted by Gasteiger charge is 2.34. The molecule has 1 aromatic rings. The first kappa shape index (κ1) is 17.2. The summed E-state index contributed by atoms with van der Waals surface area (Å²) < 4.78 is 24.5. The van der Waals surface area contributed by atoms with E-state index >= 15 is 0 Å². The Kier molecular flexibility index (Phi) is 5.06. The molecule has 5 nitrogen and oxygen atoms in total. The highest BCUT2D eigenvalue weighted by atomic mass is 19.1. The number of morpholine rings is 1. The number of guanidine groups is 1. The Morgan fingerprint density at radius 1 is 1.33 bits per heavy atom. The molecule has 24 heavy (non-hydrogen) atoms. The molecule has 1 aromatic carbocycles. The van der Waals surface area contributed by atoms with Crippen molar-refractivity contribution in [2.75, 3.05) is 39.9 Å². The number of benzene rings is 1. The van der Waals surface area contributed by atoms with Crippen molar-refractivity contribution in [3.05, 3.63) is 35.6 Å². The number of nitrogens with one attached hydrogen (secondary N) is 1. The number of ether oxygens (including phenoxy) is 2. The van der Waals surface area contributed by atoms with Crippen molar-refractivity contribution in [2.45, 2.75) is 26.1 Å². The molecular formula is C18H26FN3O2. The minimum Gasteiger partial charge on any atom is -0.380 e. The van der Waals surface area contributed by atoms with Crippen LogP contribution in [0.4, 0.5) is 4.39 Å². The monoisotopic (exact) mass is 335 g/mol. The minimum atomic E-state index is -0.229. The van der Waals surface area contributed by atoms with E-state index in [1.54, 1.807) is 19.2 Å². The maximum absolute atomic E-state index is 13.2. The predicted molar refractivity (Wildman–Crippen MR) is 91.5 cm³/mol. The van der Waals surface area contributed by atoms with Crippen LogP contribution < -0.4 is 5.32 Å². The van der Waals surface area contributed by atoms with Crippen LogP contribution in [-0.2, 0) is 9.47 Å². The topological polar surface area (TPSA) is 46.1 Å². The molecule has 2 aliphatic heterocycles. The normalized spacial score (nSPS) is 26.8. The molecule has 2 unspecified atom stereocenters. The fraction of sp³-hybridized carbons (Fsp3) is 0.611. The molecule has 2 aliphatic rings. The summed E-state index contributed by atoms with van der Waals surface area (Å²) in [6.45, 7) is 8.15. The van der Waals surface area contributed by atoms with Crippen molar-refractivity contribution < 1.29 is 13.9 Å². The Morgan fingerprint density at radius 3 is 2.62 bits per heavy atom. The third-order valence-corrected chi connectivity index (χ3v) is 4.59. The summed E-state index contributed by atoms with van der Waals surface area (Å²) in [6.07, 6.45) is -0.00880. The molecule has 0 aromatic heterocycles. The van der Waals surface area contributed by atoms with E-state index in [9.17, 15) is 4.39 Å². The molecule has 2 saturated heterocycles. The Bertz CT molecular complexity index is 586. The Balaban J connectivity index is 1.66. The van der Waals surface area contributed by atoms with Gasteiger partial charge in [0.1, 0.15) is 11.9 Å². The summed E-state index contributed by atoms with van der Waals surface area (Å²) in [5.41, 5.74) is 1.17. The Hall–Kier alpha value is -1.66. The lowest BCUT2D eigenvalue weighted by molar-refractivity contribution is -0.0979. The first-order valence-corrected chi connectivity index (χ1v) is 8.43. The summed E-state index contributed by atoms with van der Waals surface area (Å²) in [7, 11) is 1.80. The van der Waals surface area contributed by atoms with Gasteiger partial charge in [-0.3, -0.25) is 4.99 Å². The SMILES string of the molecule is CN=C(NCC1(C)COC1)N1CC(C)OC(c2ccc(F)cc2)C1. The Morgan fingerprint density at radius 2 is 2.04 bits per heavy atom. The van der Waals surface area contributed by atoms with Crippen molar-refractivity contribution >= 4 is 5.96 Å². The highest BCUT2D eigenvalue weighted by Crippen LogP contribution is 2.27. The van der Waals surface area contributed by atoms with E-state index in [0.29, 0.717) is 6.54 Å². The van der Waals surface area contributed by atoms with Gasteiger partial charge in [-0.25, -0.2) is 4.39 Å². The van der Waals surface area contributed by atoms with E-state index < -0.39 is 0 Å². The van der Waals surface area contributed by atoms with E-state index in [1.807, 2.05) is 0 Å². The van der Waals surface area contributed by atoms with E-state index in [1.165, 1.54) is 12.1 Å². The molecule has 2 fully saturated rings. The number of rotatable bonds is 3. The standard InChI is InChI=1S/C18H26FN3O2/c1-13-8-22(17(20-3)21-10-18(2)11-23-12-18)9-16(24-13)14-4-6-15(19)7-5-14/h4-7,13,16H,8-12H2,1-3H3,(H,20,21). The maximum atomic E-state index is 13.2. The molecule has 0 amide bonds. The van der Waals surface area contributed by atoms with E-state index in [2.05, 4.69) is 29.1 Å². The van der Waals surface area contributed by atoms with Crippen molar-refractivity contribution in [3.63, 3.8) is 0 Å². The van der Waals surface area contributed by atoms with Crippen LogP contribution in [0.1, 0.15) is 25.5 Å². The zero-order chi connectivity index (χ0) is 17.2. The second kappa shape index (κ2) is 7.07. The van der Waals surface area contributed by atoms with Crippen LogP contribution in [0, 0.1) is 11.2 Å². The molecule has 132 valence electrons. The molecule has 0 saturated carbocycles. The van der Waals surface area contributed by atoms with Gasteiger partial charge in [-0.05, 0) is 24.6 Å². The average molecular weight is 335 g/mol. The fourth-order valence-electron chi connectivity index (χ4n) is 3.16. The lowest BCUT2D eigenvalue weighted by Gasteiger charge is -2.41. The summed E-state index contributed by atoms with van der Waals surface area (Å²) >= 11 is 0. The van der Waals surface area contributed by atoms with Crippen molar-refractivity contribution in [3.8, 4) is 0 Å². The lowest BCUT2D eigenvalue weighted by Crippen LogP contribution is -2.55. The van der Waals surface area contributed by atoms with Gasteiger partial charge in [0.2, 0.25) is 0 Å². The van der Waals surface area contributed by atoms with E-state index in [-0.39, 0.29) is 23.4 Å². The molecule has 2 atom stereocenters. The molecule has 2 heterocycles. The van der Waals surface area contributed by atoms with Crippen molar-refractivity contribution in [2.24, 2.45) is 10.4 Å². The first-order chi connectivity index (χ1) is 11.5. The predicted octanol–water partition coefficient (Wildman–Crippen LogP) is 2.20. The fourth-order valence-corrected chi connectivity index (χ4v) is 3.16. The van der Waals surface area contributed by atoms with Gasteiger partial charge in [0.25, 0.3) is 0 Å². The molecule has 0 spiro atoms. The number of halogens is 1. The molecule has 6 heteroatoms. The van der Waals surface area contributed by atoms with Crippen LogP contribution in [0.5, 0.6) is 0 Å². The maximum Gasteiger partial charge on any atom is 0.193 e. The van der Waals surface area contributed by atoms with Gasteiger partial charge < -0.3 is 19.7 Å². The third-order valence-electron chi connectivity index (χ3n) is 4.59. The summed E-state index contributed by atoms with van der Waals surface area (Å²) in [6, 6.07) is 6.54.